The van der Waals surface area contributed by atoms with Crippen LogP contribution in [0.1, 0.15) is 37.0 Å². The van der Waals surface area contributed by atoms with Crippen LogP contribution in [0.2, 0.25) is 0 Å². The van der Waals surface area contributed by atoms with Crippen molar-refractivity contribution in [3.8, 4) is 5.75 Å². The normalized spacial score (nSPS) is 15.3. The van der Waals surface area contributed by atoms with E-state index in [0.717, 1.165) is 25.9 Å². The summed E-state index contributed by atoms with van der Waals surface area (Å²) in [4.78, 5) is 14.5. The summed E-state index contributed by atoms with van der Waals surface area (Å²) < 4.78 is 33.1. The average molecular weight is 403 g/mol. The van der Waals surface area contributed by atoms with E-state index in [9.17, 15) is 13.2 Å². The van der Waals surface area contributed by atoms with Gasteiger partial charge in [-0.05, 0) is 74.2 Å². The molecular weight excluding hydrogens is 376 g/mol. The quantitative estimate of drug-likeness (QED) is 0.798. The molecular formula is C21H26N2O4S. The average Bonchev–Trinajstić information content (AvgIpc) is 2.70. The SMILES string of the molecule is CCOc1ccc(NS(=O)(=O)c2ccc(C(=O)N3CCC(C)CC3)cc2)cc1. The van der Waals surface area contributed by atoms with E-state index in [-0.39, 0.29) is 10.8 Å². The monoisotopic (exact) mass is 402 g/mol. The van der Waals surface area contributed by atoms with Gasteiger partial charge in [0.1, 0.15) is 5.75 Å². The predicted molar refractivity (Wildman–Crippen MR) is 109 cm³/mol. The first kappa shape index (κ1) is 20.2. The molecule has 2 aromatic rings. The number of anilines is 1. The summed E-state index contributed by atoms with van der Waals surface area (Å²) in [5.41, 5.74) is 0.959. The zero-order chi connectivity index (χ0) is 20.1. The van der Waals surface area contributed by atoms with Crippen LogP contribution in [0.4, 0.5) is 5.69 Å². The van der Waals surface area contributed by atoms with Crippen LogP contribution in [-0.2, 0) is 10.0 Å². The Morgan fingerprint density at radius 3 is 2.25 bits per heavy atom. The molecule has 1 aliphatic rings. The van der Waals surface area contributed by atoms with Crippen molar-refractivity contribution in [3.63, 3.8) is 0 Å². The number of likely N-dealkylation sites (tertiary alicyclic amines) is 1. The van der Waals surface area contributed by atoms with Gasteiger partial charge in [0.15, 0.2) is 0 Å². The van der Waals surface area contributed by atoms with Gasteiger partial charge in [0.2, 0.25) is 0 Å². The maximum atomic E-state index is 12.6. The Bertz CT molecular complexity index is 900. The molecule has 0 bridgehead atoms. The van der Waals surface area contributed by atoms with Crippen LogP contribution in [0, 0.1) is 5.92 Å². The fourth-order valence-corrected chi connectivity index (χ4v) is 4.23. The van der Waals surface area contributed by atoms with Crippen molar-refractivity contribution in [2.24, 2.45) is 5.92 Å². The first-order valence-electron chi connectivity index (χ1n) is 9.54. The first-order chi connectivity index (χ1) is 13.4. The molecule has 7 heteroatoms. The highest BCUT2D eigenvalue weighted by Gasteiger charge is 2.22. The zero-order valence-corrected chi connectivity index (χ0v) is 17.0. The van der Waals surface area contributed by atoms with Gasteiger partial charge in [-0.15, -0.1) is 0 Å². The summed E-state index contributed by atoms with van der Waals surface area (Å²) in [6.45, 7) is 6.13. The van der Waals surface area contributed by atoms with Crippen LogP contribution >= 0.6 is 0 Å². The fourth-order valence-electron chi connectivity index (χ4n) is 3.17. The Hall–Kier alpha value is -2.54. The molecule has 0 saturated carbocycles. The van der Waals surface area contributed by atoms with Crippen LogP contribution in [0.3, 0.4) is 0 Å². The highest BCUT2D eigenvalue weighted by molar-refractivity contribution is 7.92. The predicted octanol–water partition coefficient (Wildman–Crippen LogP) is 3.76. The third kappa shape index (κ3) is 4.84. The number of nitrogens with one attached hydrogen (secondary N) is 1. The minimum Gasteiger partial charge on any atom is -0.494 e. The molecule has 0 spiro atoms. The molecule has 0 unspecified atom stereocenters. The lowest BCUT2D eigenvalue weighted by Gasteiger charge is -2.30. The third-order valence-electron chi connectivity index (χ3n) is 4.90. The molecule has 2 aromatic carbocycles. The molecule has 1 fully saturated rings. The van der Waals surface area contributed by atoms with E-state index >= 15 is 0 Å². The van der Waals surface area contributed by atoms with Crippen LogP contribution < -0.4 is 9.46 Å². The number of piperidine rings is 1. The molecule has 3 rings (SSSR count). The standard InChI is InChI=1S/C21H26N2O4S/c1-3-27-19-8-6-18(7-9-19)22-28(25,26)20-10-4-17(5-11-20)21(24)23-14-12-16(2)13-15-23/h4-11,16,22H,3,12-15H2,1-2H3. The van der Waals surface area contributed by atoms with Crippen molar-refractivity contribution in [2.45, 2.75) is 31.6 Å². The van der Waals surface area contributed by atoms with Gasteiger partial charge in [-0.25, -0.2) is 8.42 Å². The third-order valence-corrected chi connectivity index (χ3v) is 6.30. The topological polar surface area (TPSA) is 75.7 Å². The van der Waals surface area contributed by atoms with E-state index in [1.807, 2.05) is 11.8 Å². The van der Waals surface area contributed by atoms with Gasteiger partial charge in [-0.3, -0.25) is 9.52 Å². The molecule has 0 aliphatic carbocycles. The van der Waals surface area contributed by atoms with Crippen LogP contribution in [0.25, 0.3) is 0 Å². The van der Waals surface area contributed by atoms with Gasteiger partial charge in [-0.1, -0.05) is 6.92 Å². The number of benzene rings is 2. The van der Waals surface area contributed by atoms with Crippen molar-refractivity contribution < 1.29 is 17.9 Å². The molecule has 0 radical (unpaired) electrons. The lowest BCUT2D eigenvalue weighted by atomic mass is 9.98. The van der Waals surface area contributed by atoms with Crippen molar-refractivity contribution >= 4 is 21.6 Å². The lowest BCUT2D eigenvalue weighted by molar-refractivity contribution is 0.0697. The Labute approximate surface area is 166 Å². The highest BCUT2D eigenvalue weighted by atomic mass is 32.2. The lowest BCUT2D eigenvalue weighted by Crippen LogP contribution is -2.37. The second kappa shape index (κ2) is 8.65. The largest absolute Gasteiger partial charge is 0.494 e. The summed E-state index contributed by atoms with van der Waals surface area (Å²) >= 11 is 0. The number of amides is 1. The van der Waals surface area contributed by atoms with Crippen molar-refractivity contribution in [3.05, 3.63) is 54.1 Å². The van der Waals surface area contributed by atoms with Crippen LogP contribution in [-0.4, -0.2) is 38.9 Å². The van der Waals surface area contributed by atoms with Crippen molar-refractivity contribution in [1.82, 2.24) is 4.90 Å². The number of nitrogens with zero attached hydrogens (tertiary/aromatic N) is 1. The van der Waals surface area contributed by atoms with Gasteiger partial charge >= 0.3 is 0 Å². The Balaban J connectivity index is 1.68. The highest BCUT2D eigenvalue weighted by Crippen LogP contribution is 2.21. The van der Waals surface area contributed by atoms with Crippen LogP contribution in [0.5, 0.6) is 5.75 Å². The summed E-state index contributed by atoms with van der Waals surface area (Å²) in [6.07, 6.45) is 2.01. The second-order valence-electron chi connectivity index (χ2n) is 7.06. The minimum atomic E-state index is -3.73. The maximum absolute atomic E-state index is 12.6. The number of rotatable bonds is 6. The maximum Gasteiger partial charge on any atom is 0.261 e. The van der Waals surface area contributed by atoms with Gasteiger partial charge in [-0.2, -0.15) is 0 Å². The van der Waals surface area contributed by atoms with Gasteiger partial charge in [0.25, 0.3) is 15.9 Å². The Morgan fingerprint density at radius 1 is 1.07 bits per heavy atom. The number of hydrogen-bond acceptors (Lipinski definition) is 4. The van der Waals surface area contributed by atoms with E-state index in [2.05, 4.69) is 11.6 Å². The number of hydrogen-bond donors (Lipinski definition) is 1. The van der Waals surface area contributed by atoms with Gasteiger partial charge in [0.05, 0.1) is 11.5 Å². The van der Waals surface area contributed by atoms with Gasteiger partial charge in [0, 0.05) is 24.3 Å². The van der Waals surface area contributed by atoms with E-state index < -0.39 is 10.0 Å². The summed E-state index contributed by atoms with van der Waals surface area (Å²) in [7, 11) is -3.73. The number of carbonyl (C=O) groups is 1. The molecule has 1 amide bonds. The first-order valence-corrected chi connectivity index (χ1v) is 11.0. The van der Waals surface area contributed by atoms with Crippen molar-refractivity contribution in [1.29, 1.82) is 0 Å². The fraction of sp³-hybridized carbons (Fsp3) is 0.381. The van der Waals surface area contributed by atoms with Gasteiger partial charge < -0.3 is 9.64 Å². The molecule has 28 heavy (non-hydrogen) atoms. The van der Waals surface area contributed by atoms with Crippen molar-refractivity contribution in [2.75, 3.05) is 24.4 Å². The van der Waals surface area contributed by atoms with E-state index in [0.29, 0.717) is 29.5 Å². The smallest absolute Gasteiger partial charge is 0.261 e. The van der Waals surface area contributed by atoms with Crippen LogP contribution in [0.15, 0.2) is 53.4 Å². The minimum absolute atomic E-state index is 0.0460. The molecule has 150 valence electrons. The molecule has 6 nitrogen and oxygen atoms in total. The Kier molecular flexibility index (Phi) is 6.24. The van der Waals surface area contributed by atoms with E-state index in [1.54, 1.807) is 36.4 Å². The number of carbonyl (C=O) groups excluding carboxylic acids is 1. The molecule has 1 N–H and O–H groups in total. The Morgan fingerprint density at radius 2 is 1.68 bits per heavy atom. The number of ether oxygens (including phenoxy) is 1. The zero-order valence-electron chi connectivity index (χ0n) is 16.2. The molecule has 0 atom stereocenters. The van der Waals surface area contributed by atoms with E-state index in [4.69, 9.17) is 4.74 Å². The molecule has 1 aliphatic heterocycles. The molecule has 1 saturated heterocycles. The molecule has 1 heterocycles. The van der Waals surface area contributed by atoms with E-state index in [1.165, 1.54) is 12.1 Å². The summed E-state index contributed by atoms with van der Waals surface area (Å²) in [5, 5.41) is 0. The second-order valence-corrected chi connectivity index (χ2v) is 8.74. The summed E-state index contributed by atoms with van der Waals surface area (Å²) in [5.74, 6) is 1.28. The molecule has 0 aromatic heterocycles. The summed E-state index contributed by atoms with van der Waals surface area (Å²) in [6, 6.07) is 12.8. The number of sulfonamides is 1.